The standard InChI is InChI=1S/C19H27NO3S/c1-15-19(16-5-3-2-4-6-16)20(10-14-24-15)18(21)9-13-23-17-7-11-22-12-8-17/h2-6,15,17,19H,7-14H2,1H3/t15-,19-/m1/s1. The summed E-state index contributed by atoms with van der Waals surface area (Å²) in [6.45, 7) is 5.11. The minimum absolute atomic E-state index is 0.167. The molecular weight excluding hydrogens is 322 g/mol. The lowest BCUT2D eigenvalue weighted by Crippen LogP contribution is -2.44. The Kier molecular flexibility index (Phi) is 6.58. The van der Waals surface area contributed by atoms with Gasteiger partial charge in [-0.15, -0.1) is 0 Å². The van der Waals surface area contributed by atoms with E-state index >= 15 is 0 Å². The highest BCUT2D eigenvalue weighted by atomic mass is 32.2. The van der Waals surface area contributed by atoms with Gasteiger partial charge in [0.15, 0.2) is 0 Å². The Morgan fingerprint density at radius 2 is 2.04 bits per heavy atom. The Morgan fingerprint density at radius 3 is 2.79 bits per heavy atom. The van der Waals surface area contributed by atoms with Gasteiger partial charge in [-0.05, 0) is 18.4 Å². The third-order valence-electron chi connectivity index (χ3n) is 4.79. The first kappa shape index (κ1) is 17.8. The van der Waals surface area contributed by atoms with Gasteiger partial charge >= 0.3 is 0 Å². The van der Waals surface area contributed by atoms with Crippen LogP contribution in [0.2, 0.25) is 0 Å². The molecule has 0 spiro atoms. The number of nitrogens with zero attached hydrogens (tertiary/aromatic N) is 1. The molecule has 2 saturated heterocycles. The van der Waals surface area contributed by atoms with Crippen LogP contribution in [0.3, 0.4) is 0 Å². The van der Waals surface area contributed by atoms with Gasteiger partial charge in [0.25, 0.3) is 0 Å². The molecule has 24 heavy (non-hydrogen) atoms. The highest BCUT2D eigenvalue weighted by Gasteiger charge is 2.33. The summed E-state index contributed by atoms with van der Waals surface area (Å²) < 4.78 is 11.2. The normalized spacial score (nSPS) is 25.6. The summed E-state index contributed by atoms with van der Waals surface area (Å²) in [5.74, 6) is 1.22. The molecule has 2 aliphatic rings. The molecule has 2 aliphatic heterocycles. The zero-order chi connectivity index (χ0) is 16.8. The van der Waals surface area contributed by atoms with Crippen molar-refractivity contribution in [2.24, 2.45) is 0 Å². The molecule has 0 N–H and O–H groups in total. The minimum Gasteiger partial charge on any atom is -0.381 e. The van der Waals surface area contributed by atoms with E-state index in [0.717, 1.165) is 38.4 Å². The molecule has 0 unspecified atom stereocenters. The van der Waals surface area contributed by atoms with Crippen LogP contribution in [0.25, 0.3) is 0 Å². The van der Waals surface area contributed by atoms with Crippen LogP contribution in [0, 0.1) is 0 Å². The molecule has 132 valence electrons. The molecule has 1 amide bonds. The van der Waals surface area contributed by atoms with Crippen molar-refractivity contribution in [2.45, 2.75) is 43.6 Å². The van der Waals surface area contributed by atoms with Crippen LogP contribution in [0.15, 0.2) is 30.3 Å². The van der Waals surface area contributed by atoms with Crippen molar-refractivity contribution >= 4 is 17.7 Å². The van der Waals surface area contributed by atoms with Crippen molar-refractivity contribution in [3.8, 4) is 0 Å². The first-order valence-electron chi connectivity index (χ1n) is 8.91. The first-order chi connectivity index (χ1) is 11.8. The molecule has 4 nitrogen and oxygen atoms in total. The van der Waals surface area contributed by atoms with E-state index in [1.807, 2.05) is 17.8 Å². The predicted molar refractivity (Wildman–Crippen MR) is 97.2 cm³/mol. The maximum atomic E-state index is 12.8. The largest absolute Gasteiger partial charge is 0.381 e. The molecular formula is C19H27NO3S. The highest BCUT2D eigenvalue weighted by molar-refractivity contribution is 8.00. The van der Waals surface area contributed by atoms with Crippen molar-refractivity contribution in [1.29, 1.82) is 0 Å². The van der Waals surface area contributed by atoms with E-state index < -0.39 is 0 Å². The topological polar surface area (TPSA) is 38.8 Å². The second kappa shape index (κ2) is 8.88. The van der Waals surface area contributed by atoms with Crippen LogP contribution >= 0.6 is 11.8 Å². The number of amides is 1. The lowest BCUT2D eigenvalue weighted by atomic mass is 10.0. The van der Waals surface area contributed by atoms with E-state index in [0.29, 0.717) is 18.3 Å². The fraction of sp³-hybridized carbons (Fsp3) is 0.632. The second-order valence-corrected chi connectivity index (χ2v) is 7.94. The Bertz CT molecular complexity index is 519. The molecule has 2 atom stereocenters. The van der Waals surface area contributed by atoms with Gasteiger partial charge in [0.1, 0.15) is 0 Å². The average Bonchev–Trinajstić information content (AvgIpc) is 2.63. The molecule has 2 fully saturated rings. The summed E-state index contributed by atoms with van der Waals surface area (Å²) in [5, 5.41) is 0.418. The number of hydrogen-bond acceptors (Lipinski definition) is 4. The van der Waals surface area contributed by atoms with E-state index in [9.17, 15) is 4.79 Å². The summed E-state index contributed by atoms with van der Waals surface area (Å²) in [4.78, 5) is 14.8. The van der Waals surface area contributed by atoms with Crippen LogP contribution in [-0.4, -0.2) is 54.3 Å². The second-order valence-electron chi connectivity index (χ2n) is 6.45. The van der Waals surface area contributed by atoms with E-state index in [-0.39, 0.29) is 18.1 Å². The van der Waals surface area contributed by atoms with Crippen LogP contribution < -0.4 is 0 Å². The van der Waals surface area contributed by atoms with Gasteiger partial charge in [0, 0.05) is 30.8 Å². The third-order valence-corrected chi connectivity index (χ3v) is 5.99. The van der Waals surface area contributed by atoms with E-state index in [4.69, 9.17) is 9.47 Å². The lowest BCUT2D eigenvalue weighted by Gasteiger charge is -2.40. The molecule has 0 saturated carbocycles. The number of benzene rings is 1. The summed E-state index contributed by atoms with van der Waals surface area (Å²) in [6, 6.07) is 10.6. The summed E-state index contributed by atoms with van der Waals surface area (Å²) in [5.41, 5.74) is 1.23. The van der Waals surface area contributed by atoms with Gasteiger partial charge in [-0.3, -0.25) is 4.79 Å². The van der Waals surface area contributed by atoms with E-state index in [2.05, 4.69) is 36.1 Å². The molecule has 1 aromatic rings. The SMILES string of the molecule is C[C@H]1SCCN(C(=O)CCOC2CCOCC2)[C@H]1c1ccccc1. The maximum Gasteiger partial charge on any atom is 0.225 e. The highest BCUT2D eigenvalue weighted by Crippen LogP contribution is 2.36. The number of carbonyl (C=O) groups is 1. The van der Waals surface area contributed by atoms with Crippen molar-refractivity contribution in [2.75, 3.05) is 32.1 Å². The van der Waals surface area contributed by atoms with Gasteiger partial charge in [0.2, 0.25) is 5.91 Å². The van der Waals surface area contributed by atoms with Crippen molar-refractivity contribution < 1.29 is 14.3 Å². The zero-order valence-corrected chi connectivity index (χ0v) is 15.2. The van der Waals surface area contributed by atoms with Crippen molar-refractivity contribution in [3.05, 3.63) is 35.9 Å². The number of thioether (sulfide) groups is 1. The van der Waals surface area contributed by atoms with Crippen LogP contribution in [-0.2, 0) is 14.3 Å². The molecule has 3 rings (SSSR count). The number of carbonyl (C=O) groups excluding carboxylic acids is 1. The van der Waals surface area contributed by atoms with Crippen LogP contribution in [0.4, 0.5) is 0 Å². The fourth-order valence-corrected chi connectivity index (χ4v) is 4.66. The number of ether oxygens (including phenoxy) is 2. The third kappa shape index (κ3) is 4.52. The van der Waals surface area contributed by atoms with Crippen molar-refractivity contribution in [3.63, 3.8) is 0 Å². The van der Waals surface area contributed by atoms with Gasteiger partial charge in [-0.25, -0.2) is 0 Å². The summed E-state index contributed by atoms with van der Waals surface area (Å²) in [6.07, 6.45) is 2.61. The molecule has 0 aliphatic carbocycles. The molecule has 0 bridgehead atoms. The monoisotopic (exact) mass is 349 g/mol. The van der Waals surface area contributed by atoms with Gasteiger partial charge in [0.05, 0.1) is 25.2 Å². The lowest BCUT2D eigenvalue weighted by molar-refractivity contribution is -0.135. The predicted octanol–water partition coefficient (Wildman–Crippen LogP) is 3.28. The van der Waals surface area contributed by atoms with Gasteiger partial charge in [-0.2, -0.15) is 11.8 Å². The van der Waals surface area contributed by atoms with Crippen molar-refractivity contribution in [1.82, 2.24) is 4.90 Å². The molecule has 2 heterocycles. The van der Waals surface area contributed by atoms with Crippen LogP contribution in [0.5, 0.6) is 0 Å². The first-order valence-corrected chi connectivity index (χ1v) is 9.96. The van der Waals surface area contributed by atoms with Gasteiger partial charge in [-0.1, -0.05) is 37.3 Å². The molecule has 0 radical (unpaired) electrons. The van der Waals surface area contributed by atoms with E-state index in [1.165, 1.54) is 5.56 Å². The minimum atomic E-state index is 0.167. The molecule has 5 heteroatoms. The Hall–Kier alpha value is -1.04. The fourth-order valence-electron chi connectivity index (χ4n) is 3.50. The number of rotatable bonds is 5. The Morgan fingerprint density at radius 1 is 1.29 bits per heavy atom. The summed E-state index contributed by atoms with van der Waals surface area (Å²) >= 11 is 1.95. The zero-order valence-electron chi connectivity index (χ0n) is 14.4. The molecule has 1 aromatic carbocycles. The molecule has 0 aromatic heterocycles. The Labute approximate surface area is 148 Å². The van der Waals surface area contributed by atoms with Crippen LogP contribution in [0.1, 0.15) is 37.8 Å². The number of hydrogen-bond donors (Lipinski definition) is 0. The average molecular weight is 349 g/mol. The van der Waals surface area contributed by atoms with E-state index in [1.54, 1.807) is 0 Å². The van der Waals surface area contributed by atoms with Gasteiger partial charge < -0.3 is 14.4 Å². The smallest absolute Gasteiger partial charge is 0.225 e. The quantitative estimate of drug-likeness (QED) is 0.818. The summed E-state index contributed by atoms with van der Waals surface area (Å²) in [7, 11) is 0. The Balaban J connectivity index is 1.57. The maximum absolute atomic E-state index is 12.8.